The van der Waals surface area contributed by atoms with Gasteiger partial charge in [0.25, 0.3) is 0 Å². The van der Waals surface area contributed by atoms with Crippen molar-refractivity contribution in [2.45, 2.75) is 18.9 Å². The summed E-state index contributed by atoms with van der Waals surface area (Å²) in [5, 5.41) is 19.5. The molecule has 1 aromatic carbocycles. The lowest BCUT2D eigenvalue weighted by atomic mass is 9.96. The third kappa shape index (κ3) is 1.92. The molecule has 1 aromatic heterocycles. The van der Waals surface area contributed by atoms with E-state index >= 15 is 0 Å². The van der Waals surface area contributed by atoms with Crippen LogP contribution in [-0.2, 0) is 11.2 Å². The molecule has 84 valence electrons. The zero-order chi connectivity index (χ0) is 11.8. The van der Waals surface area contributed by atoms with Gasteiger partial charge in [-0.15, -0.1) is 0 Å². The minimum atomic E-state index is -1.72. The van der Waals surface area contributed by atoms with Crippen LogP contribution >= 0.6 is 0 Å². The van der Waals surface area contributed by atoms with Gasteiger partial charge in [0.1, 0.15) is 0 Å². The predicted molar refractivity (Wildman–Crippen MR) is 60.3 cm³/mol. The molecule has 4 heteroatoms. The first-order valence-corrected chi connectivity index (χ1v) is 5.01. The molecule has 0 amide bonds. The van der Waals surface area contributed by atoms with Crippen LogP contribution in [0.2, 0.25) is 0 Å². The highest BCUT2D eigenvalue weighted by molar-refractivity contribution is 5.81. The van der Waals surface area contributed by atoms with Crippen LogP contribution in [0, 0.1) is 0 Å². The number of carboxylic acid groups (broad SMARTS) is 1. The van der Waals surface area contributed by atoms with Gasteiger partial charge in [-0.1, -0.05) is 6.07 Å². The van der Waals surface area contributed by atoms with E-state index in [9.17, 15) is 9.90 Å². The number of aromatic amines is 1. The fourth-order valence-corrected chi connectivity index (χ4v) is 1.69. The fraction of sp³-hybridized carbons (Fsp3) is 0.250. The lowest BCUT2D eigenvalue weighted by molar-refractivity contribution is -0.156. The van der Waals surface area contributed by atoms with E-state index < -0.39 is 11.6 Å². The molecule has 3 N–H and O–H groups in total. The van der Waals surface area contributed by atoms with Crippen LogP contribution in [-0.4, -0.2) is 26.8 Å². The molecule has 0 fully saturated rings. The molecule has 0 aliphatic carbocycles. The molecule has 0 saturated carbocycles. The number of benzene rings is 1. The zero-order valence-electron chi connectivity index (χ0n) is 8.90. The molecule has 1 atom stereocenters. The predicted octanol–water partition coefficient (Wildman–Crippen LogP) is 1.55. The number of nitrogens with one attached hydrogen (secondary N) is 1. The summed E-state index contributed by atoms with van der Waals surface area (Å²) in [6, 6.07) is 7.48. The number of carboxylic acids is 1. The Balaban J connectivity index is 2.30. The van der Waals surface area contributed by atoms with Crippen LogP contribution in [0.5, 0.6) is 0 Å². The average molecular weight is 219 g/mol. The third-order valence-corrected chi connectivity index (χ3v) is 2.63. The lowest BCUT2D eigenvalue weighted by Gasteiger charge is -2.17. The molecule has 16 heavy (non-hydrogen) atoms. The number of aliphatic hydroxyl groups is 1. The zero-order valence-corrected chi connectivity index (χ0v) is 8.90. The van der Waals surface area contributed by atoms with Crippen molar-refractivity contribution in [2.24, 2.45) is 0 Å². The maximum Gasteiger partial charge on any atom is 0.335 e. The van der Waals surface area contributed by atoms with Gasteiger partial charge in [-0.3, -0.25) is 0 Å². The first-order valence-electron chi connectivity index (χ1n) is 5.01. The molecule has 0 aliphatic heterocycles. The molecule has 1 heterocycles. The number of hydrogen-bond donors (Lipinski definition) is 3. The Kier molecular flexibility index (Phi) is 2.44. The summed E-state index contributed by atoms with van der Waals surface area (Å²) in [6.45, 7) is 1.30. The van der Waals surface area contributed by atoms with Gasteiger partial charge in [-0.05, 0) is 36.1 Å². The summed E-state index contributed by atoms with van der Waals surface area (Å²) >= 11 is 0. The van der Waals surface area contributed by atoms with Crippen LogP contribution in [0.4, 0.5) is 0 Å². The Morgan fingerprint density at radius 1 is 1.44 bits per heavy atom. The number of aliphatic carboxylic acids is 1. The van der Waals surface area contributed by atoms with Crippen LogP contribution in [0.25, 0.3) is 10.9 Å². The number of aromatic nitrogens is 1. The highest BCUT2D eigenvalue weighted by atomic mass is 16.4. The molecule has 0 radical (unpaired) electrons. The summed E-state index contributed by atoms with van der Waals surface area (Å²) in [6.07, 6.45) is 1.92. The number of rotatable bonds is 3. The second kappa shape index (κ2) is 3.64. The first-order chi connectivity index (χ1) is 7.49. The largest absolute Gasteiger partial charge is 0.479 e. The van der Waals surface area contributed by atoms with E-state index in [1.54, 1.807) is 0 Å². The summed E-state index contributed by atoms with van der Waals surface area (Å²) < 4.78 is 0. The topological polar surface area (TPSA) is 73.3 Å². The molecule has 2 rings (SSSR count). The van der Waals surface area contributed by atoms with Gasteiger partial charge in [-0.2, -0.15) is 0 Å². The summed E-state index contributed by atoms with van der Waals surface area (Å²) in [5.41, 5.74) is 0.0856. The van der Waals surface area contributed by atoms with E-state index in [4.69, 9.17) is 5.11 Å². The molecule has 0 saturated heterocycles. The summed E-state index contributed by atoms with van der Waals surface area (Å²) in [4.78, 5) is 13.8. The van der Waals surface area contributed by atoms with Gasteiger partial charge >= 0.3 is 5.97 Å². The van der Waals surface area contributed by atoms with E-state index in [0.717, 1.165) is 16.5 Å². The highest BCUT2D eigenvalue weighted by Gasteiger charge is 2.29. The Hall–Kier alpha value is -1.81. The van der Waals surface area contributed by atoms with Gasteiger partial charge in [0.2, 0.25) is 0 Å². The fourth-order valence-electron chi connectivity index (χ4n) is 1.69. The minimum absolute atomic E-state index is 0.101. The number of carbonyl (C=O) groups is 1. The lowest BCUT2D eigenvalue weighted by Crippen LogP contribution is -2.37. The Labute approximate surface area is 92.5 Å². The Morgan fingerprint density at radius 3 is 2.88 bits per heavy atom. The van der Waals surface area contributed by atoms with Crippen molar-refractivity contribution in [3.05, 3.63) is 36.0 Å². The van der Waals surface area contributed by atoms with Crippen LogP contribution in [0.15, 0.2) is 30.5 Å². The normalized spacial score (nSPS) is 14.9. The highest BCUT2D eigenvalue weighted by Crippen LogP contribution is 2.18. The molecule has 0 spiro atoms. The molecule has 2 aromatic rings. The average Bonchev–Trinajstić information content (AvgIpc) is 2.63. The maximum absolute atomic E-state index is 10.8. The number of hydrogen-bond acceptors (Lipinski definition) is 2. The SMILES string of the molecule is CC(O)(Cc1ccc2[nH]ccc2c1)C(=O)O. The van der Waals surface area contributed by atoms with Crippen molar-refractivity contribution in [2.75, 3.05) is 0 Å². The molecule has 0 aliphatic rings. The van der Waals surface area contributed by atoms with Crippen molar-refractivity contribution in [1.29, 1.82) is 0 Å². The van der Waals surface area contributed by atoms with Crippen LogP contribution in [0.3, 0.4) is 0 Å². The van der Waals surface area contributed by atoms with Gasteiger partial charge in [0, 0.05) is 18.1 Å². The second-order valence-corrected chi connectivity index (χ2v) is 4.16. The maximum atomic E-state index is 10.8. The third-order valence-electron chi connectivity index (χ3n) is 2.63. The van der Waals surface area contributed by atoms with Crippen LogP contribution < -0.4 is 0 Å². The second-order valence-electron chi connectivity index (χ2n) is 4.16. The standard InChI is InChI=1S/C12H13NO3/c1-12(16,11(14)15)7-8-2-3-10-9(6-8)4-5-13-10/h2-6,13,16H,7H2,1H3,(H,14,15). The monoisotopic (exact) mass is 219 g/mol. The summed E-state index contributed by atoms with van der Waals surface area (Å²) in [5.74, 6) is -1.21. The van der Waals surface area contributed by atoms with Crippen molar-refractivity contribution in [3.63, 3.8) is 0 Å². The van der Waals surface area contributed by atoms with Gasteiger partial charge in [-0.25, -0.2) is 4.79 Å². The number of H-pyrrole nitrogens is 1. The Morgan fingerprint density at radius 2 is 2.19 bits per heavy atom. The quantitative estimate of drug-likeness (QED) is 0.733. The molecule has 4 nitrogen and oxygen atoms in total. The molecule has 0 bridgehead atoms. The molecular weight excluding hydrogens is 206 g/mol. The van der Waals surface area contributed by atoms with E-state index in [1.807, 2.05) is 30.5 Å². The van der Waals surface area contributed by atoms with E-state index in [-0.39, 0.29) is 6.42 Å². The van der Waals surface area contributed by atoms with E-state index in [2.05, 4.69) is 4.98 Å². The van der Waals surface area contributed by atoms with E-state index in [0.29, 0.717) is 0 Å². The van der Waals surface area contributed by atoms with Crippen molar-refractivity contribution in [3.8, 4) is 0 Å². The summed E-state index contributed by atoms with van der Waals surface area (Å²) in [7, 11) is 0. The van der Waals surface area contributed by atoms with Crippen molar-refractivity contribution in [1.82, 2.24) is 4.98 Å². The Bertz CT molecular complexity index is 528. The van der Waals surface area contributed by atoms with Crippen LogP contribution in [0.1, 0.15) is 12.5 Å². The van der Waals surface area contributed by atoms with Gasteiger partial charge in [0.15, 0.2) is 5.60 Å². The molecular formula is C12H13NO3. The van der Waals surface area contributed by atoms with Crippen molar-refractivity contribution >= 4 is 16.9 Å². The van der Waals surface area contributed by atoms with Crippen molar-refractivity contribution < 1.29 is 15.0 Å². The van der Waals surface area contributed by atoms with Gasteiger partial charge in [0.05, 0.1) is 0 Å². The minimum Gasteiger partial charge on any atom is -0.479 e. The first kappa shape index (κ1) is 10.7. The van der Waals surface area contributed by atoms with E-state index in [1.165, 1.54) is 6.92 Å². The molecule has 1 unspecified atom stereocenters. The number of fused-ring (bicyclic) bond motifs is 1. The smallest absolute Gasteiger partial charge is 0.335 e. The van der Waals surface area contributed by atoms with Gasteiger partial charge < -0.3 is 15.2 Å².